The molecule has 2 aliphatic rings. The highest BCUT2D eigenvalue weighted by atomic mass is 79.9. The molecule has 1 saturated carbocycles. The second-order valence-electron chi connectivity index (χ2n) is 6.28. The molecule has 110 valence electrons. The highest BCUT2D eigenvalue weighted by Gasteiger charge is 2.38. The van der Waals surface area contributed by atoms with Crippen LogP contribution in [0.15, 0.2) is 16.6 Å². The molecule has 1 aliphatic heterocycles. The summed E-state index contributed by atoms with van der Waals surface area (Å²) in [5.41, 5.74) is 1.91. The number of fused-ring (bicyclic) bond motifs is 1. The number of benzene rings is 1. The van der Waals surface area contributed by atoms with E-state index < -0.39 is 5.60 Å². The van der Waals surface area contributed by atoms with Gasteiger partial charge in [-0.25, -0.2) is 0 Å². The molecule has 1 aliphatic carbocycles. The summed E-state index contributed by atoms with van der Waals surface area (Å²) in [6, 6.07) is 4.28. The Labute approximate surface area is 129 Å². The van der Waals surface area contributed by atoms with Crippen molar-refractivity contribution in [2.45, 2.75) is 57.5 Å². The molecule has 2 nitrogen and oxygen atoms in total. The van der Waals surface area contributed by atoms with Crippen LogP contribution < -0.4 is 4.74 Å². The number of hydrogen-bond donors (Lipinski definition) is 1. The Balaban J connectivity index is 1.90. The molecule has 0 radical (unpaired) electrons. The zero-order chi connectivity index (χ0) is 14.2. The average Bonchev–Trinajstić information content (AvgIpc) is 2.87. The first-order valence-corrected chi connectivity index (χ1v) is 8.58. The van der Waals surface area contributed by atoms with Crippen LogP contribution in [0.3, 0.4) is 0 Å². The van der Waals surface area contributed by atoms with Crippen LogP contribution in [0.4, 0.5) is 0 Å². The standard InChI is InChI=1S/C17H23BrO2/c1-2-14-5-3-4-7-17(14,19)11-13-10-15(18)9-12-6-8-20-16(12)13/h9-10,14,19H,2-8,11H2,1H3. The third kappa shape index (κ3) is 2.62. The molecule has 0 amide bonds. The first kappa shape index (κ1) is 14.4. The lowest BCUT2D eigenvalue weighted by atomic mass is 9.71. The van der Waals surface area contributed by atoms with Gasteiger partial charge in [-0.3, -0.25) is 0 Å². The normalized spacial score (nSPS) is 29.1. The van der Waals surface area contributed by atoms with E-state index in [1.807, 2.05) is 0 Å². The summed E-state index contributed by atoms with van der Waals surface area (Å²) in [5, 5.41) is 11.1. The SMILES string of the molecule is CCC1CCCCC1(O)Cc1cc(Br)cc2c1OCC2. The van der Waals surface area contributed by atoms with Crippen molar-refractivity contribution in [2.24, 2.45) is 5.92 Å². The second kappa shape index (κ2) is 5.69. The Kier molecular flexibility index (Phi) is 4.09. The lowest BCUT2D eigenvalue weighted by molar-refractivity contribution is -0.0494. The molecule has 1 N–H and O–H groups in total. The molecule has 3 heteroatoms. The van der Waals surface area contributed by atoms with Crippen molar-refractivity contribution in [3.63, 3.8) is 0 Å². The minimum Gasteiger partial charge on any atom is -0.493 e. The Hall–Kier alpha value is -0.540. The Bertz CT molecular complexity index is 500. The number of aliphatic hydroxyl groups is 1. The van der Waals surface area contributed by atoms with Crippen LogP contribution in [-0.2, 0) is 12.8 Å². The smallest absolute Gasteiger partial charge is 0.125 e. The van der Waals surface area contributed by atoms with Gasteiger partial charge in [0.05, 0.1) is 12.2 Å². The minimum absolute atomic E-state index is 0.423. The maximum absolute atomic E-state index is 11.1. The summed E-state index contributed by atoms with van der Waals surface area (Å²) in [7, 11) is 0. The quantitative estimate of drug-likeness (QED) is 0.892. The number of rotatable bonds is 3. The summed E-state index contributed by atoms with van der Waals surface area (Å²) in [5.74, 6) is 1.45. The first-order valence-electron chi connectivity index (χ1n) is 7.79. The van der Waals surface area contributed by atoms with E-state index in [2.05, 4.69) is 35.0 Å². The summed E-state index contributed by atoms with van der Waals surface area (Å²) in [6.07, 6.45) is 7.26. The molecule has 1 fully saturated rings. The van der Waals surface area contributed by atoms with E-state index in [1.54, 1.807) is 0 Å². The molecule has 2 atom stereocenters. The van der Waals surface area contributed by atoms with Gasteiger partial charge in [0.15, 0.2) is 0 Å². The fourth-order valence-corrected chi connectivity index (χ4v) is 4.47. The van der Waals surface area contributed by atoms with Crippen LogP contribution in [0.1, 0.15) is 50.2 Å². The summed E-state index contributed by atoms with van der Waals surface area (Å²) in [4.78, 5) is 0. The Morgan fingerprint density at radius 1 is 1.40 bits per heavy atom. The van der Waals surface area contributed by atoms with Gasteiger partial charge in [-0.05, 0) is 42.0 Å². The highest BCUT2D eigenvalue weighted by Crippen LogP contribution is 2.42. The molecular formula is C17H23BrO2. The summed E-state index contributed by atoms with van der Waals surface area (Å²) in [6.45, 7) is 2.97. The average molecular weight is 339 g/mol. The van der Waals surface area contributed by atoms with Gasteiger partial charge in [-0.2, -0.15) is 0 Å². The number of hydrogen-bond acceptors (Lipinski definition) is 2. The van der Waals surface area contributed by atoms with Crippen molar-refractivity contribution in [3.8, 4) is 5.75 Å². The van der Waals surface area contributed by atoms with Gasteiger partial charge in [0.1, 0.15) is 5.75 Å². The van der Waals surface area contributed by atoms with Crippen molar-refractivity contribution < 1.29 is 9.84 Å². The van der Waals surface area contributed by atoms with Crippen molar-refractivity contribution in [3.05, 3.63) is 27.7 Å². The zero-order valence-electron chi connectivity index (χ0n) is 12.1. The molecule has 2 unspecified atom stereocenters. The molecule has 1 heterocycles. The lowest BCUT2D eigenvalue weighted by Crippen LogP contribution is -2.42. The molecule has 0 bridgehead atoms. The van der Waals surface area contributed by atoms with E-state index in [0.717, 1.165) is 55.4 Å². The van der Waals surface area contributed by atoms with E-state index in [4.69, 9.17) is 4.74 Å². The van der Waals surface area contributed by atoms with Crippen LogP contribution in [0.2, 0.25) is 0 Å². The van der Waals surface area contributed by atoms with Crippen molar-refractivity contribution in [1.29, 1.82) is 0 Å². The minimum atomic E-state index is -0.548. The maximum atomic E-state index is 11.1. The number of halogens is 1. The van der Waals surface area contributed by atoms with Crippen molar-refractivity contribution in [2.75, 3.05) is 6.61 Å². The van der Waals surface area contributed by atoms with Gasteiger partial charge < -0.3 is 9.84 Å². The Morgan fingerprint density at radius 3 is 3.05 bits per heavy atom. The van der Waals surface area contributed by atoms with Gasteiger partial charge in [-0.1, -0.05) is 42.1 Å². The predicted octanol–water partition coefficient (Wildman–Crippen LogP) is 4.26. The first-order chi connectivity index (χ1) is 9.62. The Morgan fingerprint density at radius 2 is 2.25 bits per heavy atom. The second-order valence-corrected chi connectivity index (χ2v) is 7.20. The predicted molar refractivity (Wildman–Crippen MR) is 84.2 cm³/mol. The van der Waals surface area contributed by atoms with E-state index in [1.165, 1.54) is 17.5 Å². The van der Waals surface area contributed by atoms with Gasteiger partial charge in [0, 0.05) is 17.3 Å². The van der Waals surface area contributed by atoms with Gasteiger partial charge in [-0.15, -0.1) is 0 Å². The molecule has 1 aromatic carbocycles. The molecule has 1 aromatic rings. The molecule has 0 saturated heterocycles. The third-order valence-corrected chi connectivity index (χ3v) is 5.44. The van der Waals surface area contributed by atoms with E-state index in [0.29, 0.717) is 5.92 Å². The van der Waals surface area contributed by atoms with Crippen molar-refractivity contribution in [1.82, 2.24) is 0 Å². The molecule has 20 heavy (non-hydrogen) atoms. The monoisotopic (exact) mass is 338 g/mol. The lowest BCUT2D eigenvalue weighted by Gasteiger charge is -2.40. The van der Waals surface area contributed by atoms with E-state index in [-0.39, 0.29) is 0 Å². The van der Waals surface area contributed by atoms with E-state index in [9.17, 15) is 5.11 Å². The summed E-state index contributed by atoms with van der Waals surface area (Å²) < 4.78 is 6.91. The van der Waals surface area contributed by atoms with E-state index >= 15 is 0 Å². The molecule has 0 aromatic heterocycles. The van der Waals surface area contributed by atoms with Gasteiger partial charge in [0.25, 0.3) is 0 Å². The fourth-order valence-electron chi connectivity index (χ4n) is 3.92. The third-order valence-electron chi connectivity index (χ3n) is 4.99. The van der Waals surface area contributed by atoms with Crippen LogP contribution in [-0.4, -0.2) is 17.3 Å². The van der Waals surface area contributed by atoms with Crippen LogP contribution >= 0.6 is 15.9 Å². The number of ether oxygens (including phenoxy) is 1. The van der Waals surface area contributed by atoms with Crippen LogP contribution in [0, 0.1) is 5.92 Å². The maximum Gasteiger partial charge on any atom is 0.125 e. The van der Waals surface area contributed by atoms with Crippen LogP contribution in [0.25, 0.3) is 0 Å². The van der Waals surface area contributed by atoms with Gasteiger partial charge in [0.2, 0.25) is 0 Å². The van der Waals surface area contributed by atoms with Crippen molar-refractivity contribution >= 4 is 15.9 Å². The molecular weight excluding hydrogens is 316 g/mol. The fraction of sp³-hybridized carbons (Fsp3) is 0.647. The van der Waals surface area contributed by atoms with Gasteiger partial charge >= 0.3 is 0 Å². The highest BCUT2D eigenvalue weighted by molar-refractivity contribution is 9.10. The molecule has 3 rings (SSSR count). The zero-order valence-corrected chi connectivity index (χ0v) is 13.7. The summed E-state index contributed by atoms with van der Waals surface area (Å²) >= 11 is 3.59. The largest absolute Gasteiger partial charge is 0.493 e. The van der Waals surface area contributed by atoms with Crippen LogP contribution in [0.5, 0.6) is 5.75 Å². The topological polar surface area (TPSA) is 29.5 Å². The molecule has 0 spiro atoms.